The van der Waals surface area contributed by atoms with Gasteiger partial charge >= 0.3 is 5.97 Å². The van der Waals surface area contributed by atoms with Crippen LogP contribution < -0.4 is 10.2 Å². The first-order chi connectivity index (χ1) is 14.9. The number of aromatic nitrogens is 1. The third kappa shape index (κ3) is 4.50. The molecule has 0 bridgehead atoms. The number of aryl methyl sites for hydroxylation is 1. The van der Waals surface area contributed by atoms with Crippen LogP contribution in [0.25, 0.3) is 10.9 Å². The first-order valence-electron chi connectivity index (χ1n) is 10.3. The second-order valence-electron chi connectivity index (χ2n) is 7.75. The van der Waals surface area contributed by atoms with Gasteiger partial charge in [0.1, 0.15) is 17.2 Å². The average Bonchev–Trinajstić information content (AvgIpc) is 3.30. The normalized spacial score (nSPS) is 14.5. The number of hydrogen-bond donors (Lipinski definition) is 1. The topological polar surface area (TPSA) is 71.5 Å². The number of para-hydroxylation sites is 1. The first kappa shape index (κ1) is 20.8. The van der Waals surface area contributed by atoms with E-state index in [2.05, 4.69) is 10.2 Å². The summed E-state index contributed by atoms with van der Waals surface area (Å²) in [6.07, 6.45) is 1.01. The monoisotopic (exact) mass is 421 g/mol. The molecule has 4 rings (SSSR count). The number of halogens is 1. The fourth-order valence-electron chi connectivity index (χ4n) is 3.62. The molecule has 6 nitrogen and oxygen atoms in total. The SMILES string of the molecule is Cc1ccc(NC(=O)C(C)OC(=O)c2cc3ccccc3nc2N2CCCC2)cc1F. The van der Waals surface area contributed by atoms with Crippen molar-refractivity contribution in [1.82, 2.24) is 4.98 Å². The third-order valence-electron chi connectivity index (χ3n) is 5.42. The fraction of sp³-hybridized carbons (Fsp3) is 0.292. The van der Waals surface area contributed by atoms with Crippen LogP contribution in [0.4, 0.5) is 15.9 Å². The minimum atomic E-state index is -1.06. The number of carbonyl (C=O) groups is 2. The lowest BCUT2D eigenvalue weighted by molar-refractivity contribution is -0.123. The number of carbonyl (C=O) groups excluding carboxylic acids is 2. The van der Waals surface area contributed by atoms with E-state index in [1.807, 2.05) is 24.3 Å². The third-order valence-corrected chi connectivity index (χ3v) is 5.42. The van der Waals surface area contributed by atoms with Gasteiger partial charge in [-0.2, -0.15) is 0 Å². The molecule has 1 aliphatic rings. The summed E-state index contributed by atoms with van der Waals surface area (Å²) in [4.78, 5) is 32.3. The van der Waals surface area contributed by atoms with Crippen LogP contribution in [0.1, 0.15) is 35.7 Å². The second kappa shape index (κ2) is 8.71. The number of nitrogens with one attached hydrogen (secondary N) is 1. The number of nitrogens with zero attached hydrogens (tertiary/aromatic N) is 2. The summed E-state index contributed by atoms with van der Waals surface area (Å²) in [6, 6.07) is 13.7. The zero-order valence-corrected chi connectivity index (χ0v) is 17.5. The number of ether oxygens (including phenoxy) is 1. The Morgan fingerprint density at radius 3 is 2.61 bits per heavy atom. The molecule has 3 aromatic rings. The fourth-order valence-corrected chi connectivity index (χ4v) is 3.62. The van der Waals surface area contributed by atoms with Crippen LogP contribution in [0.3, 0.4) is 0 Å². The van der Waals surface area contributed by atoms with Gasteiger partial charge < -0.3 is 15.0 Å². The largest absolute Gasteiger partial charge is 0.449 e. The highest BCUT2D eigenvalue weighted by molar-refractivity contribution is 6.01. The summed E-state index contributed by atoms with van der Waals surface area (Å²) >= 11 is 0. The Morgan fingerprint density at radius 2 is 1.87 bits per heavy atom. The molecule has 2 heterocycles. The van der Waals surface area contributed by atoms with Gasteiger partial charge in [0.05, 0.1) is 5.52 Å². The molecule has 1 unspecified atom stereocenters. The second-order valence-corrected chi connectivity index (χ2v) is 7.75. The van der Waals surface area contributed by atoms with E-state index in [4.69, 9.17) is 9.72 Å². The van der Waals surface area contributed by atoms with Gasteiger partial charge in [-0.3, -0.25) is 4.79 Å². The summed E-state index contributed by atoms with van der Waals surface area (Å²) < 4.78 is 19.2. The number of hydrogen-bond acceptors (Lipinski definition) is 5. The Bertz CT molecular complexity index is 1140. The maximum atomic E-state index is 13.7. The number of benzene rings is 2. The lowest BCUT2D eigenvalue weighted by Gasteiger charge is -2.21. The number of pyridine rings is 1. The van der Waals surface area contributed by atoms with Gasteiger partial charge in [-0.05, 0) is 56.5 Å². The van der Waals surface area contributed by atoms with Crippen molar-refractivity contribution < 1.29 is 18.7 Å². The number of amides is 1. The summed E-state index contributed by atoms with van der Waals surface area (Å²) in [7, 11) is 0. The Hall–Kier alpha value is -3.48. The van der Waals surface area contributed by atoms with E-state index in [-0.39, 0.29) is 0 Å². The van der Waals surface area contributed by atoms with Crippen molar-refractivity contribution in [3.63, 3.8) is 0 Å². The van der Waals surface area contributed by atoms with Crippen molar-refractivity contribution in [2.45, 2.75) is 32.8 Å². The van der Waals surface area contributed by atoms with Crippen molar-refractivity contribution in [3.05, 3.63) is 65.5 Å². The molecule has 1 amide bonds. The van der Waals surface area contributed by atoms with Crippen LogP contribution in [0.2, 0.25) is 0 Å². The highest BCUT2D eigenvalue weighted by Crippen LogP contribution is 2.27. The summed E-state index contributed by atoms with van der Waals surface area (Å²) in [5.41, 5.74) is 1.92. The predicted molar refractivity (Wildman–Crippen MR) is 118 cm³/mol. The zero-order valence-electron chi connectivity index (χ0n) is 17.5. The van der Waals surface area contributed by atoms with E-state index in [1.165, 1.54) is 13.0 Å². The molecule has 7 heteroatoms. The predicted octanol–water partition coefficient (Wildman–Crippen LogP) is 4.47. The van der Waals surface area contributed by atoms with Gasteiger partial charge in [0.15, 0.2) is 6.10 Å². The average molecular weight is 421 g/mol. The van der Waals surface area contributed by atoms with E-state index in [1.54, 1.807) is 25.1 Å². The molecular weight excluding hydrogens is 397 g/mol. The van der Waals surface area contributed by atoms with Crippen molar-refractivity contribution in [2.24, 2.45) is 0 Å². The molecule has 0 aliphatic carbocycles. The quantitative estimate of drug-likeness (QED) is 0.616. The van der Waals surface area contributed by atoms with Gasteiger partial charge in [0.2, 0.25) is 0 Å². The molecule has 2 aromatic carbocycles. The molecule has 160 valence electrons. The van der Waals surface area contributed by atoms with Crippen molar-refractivity contribution >= 4 is 34.3 Å². The van der Waals surface area contributed by atoms with Gasteiger partial charge in [-0.15, -0.1) is 0 Å². The smallest absolute Gasteiger partial charge is 0.342 e. The van der Waals surface area contributed by atoms with Crippen LogP contribution in [0.15, 0.2) is 48.5 Å². The van der Waals surface area contributed by atoms with E-state index >= 15 is 0 Å². The van der Waals surface area contributed by atoms with Gasteiger partial charge in [0.25, 0.3) is 5.91 Å². The van der Waals surface area contributed by atoms with Gasteiger partial charge in [-0.1, -0.05) is 24.3 Å². The summed E-state index contributed by atoms with van der Waals surface area (Å²) in [6.45, 7) is 4.77. The maximum absolute atomic E-state index is 13.7. The lowest BCUT2D eigenvalue weighted by Crippen LogP contribution is -2.31. The zero-order chi connectivity index (χ0) is 22.0. The molecule has 0 radical (unpaired) electrons. The van der Waals surface area contributed by atoms with E-state index in [0.717, 1.165) is 36.8 Å². The van der Waals surface area contributed by atoms with Crippen molar-refractivity contribution in [2.75, 3.05) is 23.3 Å². The van der Waals surface area contributed by atoms with Crippen LogP contribution >= 0.6 is 0 Å². The highest BCUT2D eigenvalue weighted by Gasteiger charge is 2.26. The Kier molecular flexibility index (Phi) is 5.84. The van der Waals surface area contributed by atoms with Crippen LogP contribution in [-0.4, -0.2) is 36.1 Å². The molecular formula is C24H24FN3O3. The minimum absolute atomic E-state index is 0.307. The Morgan fingerprint density at radius 1 is 1.13 bits per heavy atom. The standard InChI is InChI=1S/C24H24FN3O3/c1-15-9-10-18(14-20(15)25)26-23(29)16(2)31-24(30)19-13-17-7-3-4-8-21(17)27-22(19)28-11-5-6-12-28/h3-4,7-10,13-14,16H,5-6,11-12H2,1-2H3,(H,26,29). The molecule has 31 heavy (non-hydrogen) atoms. The van der Waals surface area contributed by atoms with E-state index in [0.29, 0.717) is 22.6 Å². The molecule has 1 aromatic heterocycles. The van der Waals surface area contributed by atoms with E-state index in [9.17, 15) is 14.0 Å². The number of fused-ring (bicyclic) bond motifs is 1. The van der Waals surface area contributed by atoms with E-state index < -0.39 is 23.8 Å². The van der Waals surface area contributed by atoms with Crippen molar-refractivity contribution in [3.8, 4) is 0 Å². The van der Waals surface area contributed by atoms with Crippen LogP contribution in [-0.2, 0) is 9.53 Å². The highest BCUT2D eigenvalue weighted by atomic mass is 19.1. The summed E-state index contributed by atoms with van der Waals surface area (Å²) in [5.74, 6) is -0.986. The van der Waals surface area contributed by atoms with Gasteiger partial charge in [-0.25, -0.2) is 14.2 Å². The van der Waals surface area contributed by atoms with Crippen LogP contribution in [0.5, 0.6) is 0 Å². The summed E-state index contributed by atoms with van der Waals surface area (Å²) in [5, 5.41) is 3.41. The van der Waals surface area contributed by atoms with Gasteiger partial charge in [0, 0.05) is 24.2 Å². The molecule has 1 aliphatic heterocycles. The molecule has 0 saturated carbocycles. The van der Waals surface area contributed by atoms with Crippen LogP contribution in [0, 0.1) is 12.7 Å². The number of rotatable bonds is 5. The number of anilines is 2. The molecule has 1 fully saturated rings. The first-order valence-corrected chi connectivity index (χ1v) is 10.3. The number of esters is 1. The minimum Gasteiger partial charge on any atom is -0.449 e. The Balaban J connectivity index is 1.54. The van der Waals surface area contributed by atoms with Crippen molar-refractivity contribution in [1.29, 1.82) is 0 Å². The molecule has 1 N–H and O–H groups in total. The molecule has 1 atom stereocenters. The lowest BCUT2D eigenvalue weighted by atomic mass is 10.1. The molecule has 1 saturated heterocycles. The molecule has 0 spiro atoms. The Labute approximate surface area is 180 Å². The maximum Gasteiger partial charge on any atom is 0.342 e.